The highest BCUT2D eigenvalue weighted by Gasteiger charge is 2.32. The fourth-order valence-electron chi connectivity index (χ4n) is 2.94. The lowest BCUT2D eigenvalue weighted by atomic mass is 10.0. The van der Waals surface area contributed by atoms with E-state index in [2.05, 4.69) is 5.92 Å². The van der Waals surface area contributed by atoms with Crippen molar-refractivity contribution in [3.05, 3.63) is 59.7 Å². The van der Waals surface area contributed by atoms with Crippen LogP contribution in [0.1, 0.15) is 11.1 Å². The molecule has 0 N–H and O–H groups in total. The van der Waals surface area contributed by atoms with E-state index in [-0.39, 0.29) is 28.9 Å². The number of halogens is 6. The lowest BCUT2D eigenvalue weighted by molar-refractivity contribution is -0.137. The number of hydrogen-bond donors (Lipinski definition) is 0. The maximum Gasteiger partial charge on any atom is 0.458 e. The Morgan fingerprint density at radius 1 is 0.964 bits per heavy atom. The Labute approximate surface area is 156 Å². The fourth-order valence-corrected chi connectivity index (χ4v) is 2.94. The van der Waals surface area contributed by atoms with Gasteiger partial charge in [-0.1, -0.05) is 42.3 Å². The number of rotatable bonds is 3. The summed E-state index contributed by atoms with van der Waals surface area (Å²) < 4.78 is 84.0. The molecule has 0 radical (unpaired) electrons. The molecule has 0 aliphatic heterocycles. The van der Waals surface area contributed by atoms with E-state index in [0.29, 0.717) is 5.56 Å². The van der Waals surface area contributed by atoms with Crippen molar-refractivity contribution in [1.82, 2.24) is 4.57 Å². The number of hydrogen-bond acceptors (Lipinski definition) is 1. The Bertz CT molecular complexity index is 1050. The predicted molar refractivity (Wildman–Crippen MR) is 92.3 cm³/mol. The van der Waals surface area contributed by atoms with Crippen molar-refractivity contribution >= 4 is 10.9 Å². The highest BCUT2D eigenvalue weighted by atomic mass is 19.4. The van der Waals surface area contributed by atoms with Crippen LogP contribution in [-0.4, -0.2) is 17.9 Å². The molecule has 3 rings (SSSR count). The molecule has 3 aromatic rings. The molecule has 0 atom stereocenters. The lowest BCUT2D eigenvalue weighted by Gasteiger charge is -2.11. The number of benzene rings is 2. The van der Waals surface area contributed by atoms with Gasteiger partial charge in [0.25, 0.3) is 0 Å². The van der Waals surface area contributed by atoms with Crippen LogP contribution in [0.2, 0.25) is 0 Å². The minimum atomic E-state index is -4.74. The summed E-state index contributed by atoms with van der Waals surface area (Å²) in [6.45, 7) is -0.157. The van der Waals surface area contributed by atoms with Crippen molar-refractivity contribution in [1.29, 1.82) is 0 Å². The molecular formula is C20H13F6NO. The van der Waals surface area contributed by atoms with Crippen LogP contribution in [0.4, 0.5) is 26.3 Å². The average molecular weight is 397 g/mol. The van der Waals surface area contributed by atoms with Crippen LogP contribution < -0.4 is 0 Å². The van der Waals surface area contributed by atoms with E-state index in [9.17, 15) is 26.3 Å². The molecule has 8 heteroatoms. The number of alkyl halides is 6. The van der Waals surface area contributed by atoms with Crippen LogP contribution in [0, 0.1) is 11.8 Å². The van der Waals surface area contributed by atoms with Crippen molar-refractivity contribution in [2.45, 2.75) is 19.1 Å². The number of ether oxygens (including phenoxy) is 1. The van der Waals surface area contributed by atoms with E-state index < -0.39 is 17.9 Å². The maximum atomic E-state index is 13.2. The second-order valence-electron chi connectivity index (χ2n) is 5.91. The summed E-state index contributed by atoms with van der Waals surface area (Å²) in [6.07, 6.45) is -9.34. The van der Waals surface area contributed by atoms with E-state index >= 15 is 0 Å². The van der Waals surface area contributed by atoms with Crippen molar-refractivity contribution in [3.63, 3.8) is 0 Å². The monoisotopic (exact) mass is 397 g/mol. The Hall–Kier alpha value is -2.92. The molecule has 0 amide bonds. The first-order valence-corrected chi connectivity index (χ1v) is 7.99. The third kappa shape index (κ3) is 3.99. The van der Waals surface area contributed by atoms with Gasteiger partial charge in [-0.3, -0.25) is 0 Å². The molecule has 0 bridgehead atoms. The average Bonchev–Trinajstić information content (AvgIpc) is 2.93. The van der Waals surface area contributed by atoms with Gasteiger partial charge in [0.05, 0.1) is 22.3 Å². The Balaban J connectivity index is 2.41. The second-order valence-corrected chi connectivity index (χ2v) is 5.91. The SMILES string of the molecule is COCn1c(-c2ccccc2)c(C#CC(F)(F)F)c2ccc(C(F)(F)F)cc21. The molecule has 0 aliphatic carbocycles. The zero-order chi connectivity index (χ0) is 20.5. The molecule has 0 aliphatic rings. The molecule has 146 valence electrons. The highest BCUT2D eigenvalue weighted by molar-refractivity contribution is 5.95. The van der Waals surface area contributed by atoms with E-state index in [1.807, 2.05) is 0 Å². The van der Waals surface area contributed by atoms with Crippen LogP contribution >= 0.6 is 0 Å². The summed E-state index contributed by atoms with van der Waals surface area (Å²) in [5, 5.41) is 0.181. The van der Waals surface area contributed by atoms with Crippen LogP contribution in [-0.2, 0) is 17.6 Å². The van der Waals surface area contributed by atoms with Gasteiger partial charge in [-0.25, -0.2) is 0 Å². The van der Waals surface area contributed by atoms with E-state index in [0.717, 1.165) is 18.2 Å². The van der Waals surface area contributed by atoms with Gasteiger partial charge in [-0.2, -0.15) is 26.3 Å². The van der Waals surface area contributed by atoms with Gasteiger partial charge < -0.3 is 9.30 Å². The zero-order valence-corrected chi connectivity index (χ0v) is 14.4. The standard InChI is InChI=1S/C20H13F6NO/c1-28-12-27-17-11-14(20(24,25)26)7-8-15(17)16(9-10-19(21,22)23)18(27)13-5-3-2-4-6-13/h2-8,11H,12H2,1H3. The number of aromatic nitrogens is 1. The van der Waals surface area contributed by atoms with Gasteiger partial charge in [0.1, 0.15) is 6.73 Å². The summed E-state index contributed by atoms with van der Waals surface area (Å²) >= 11 is 0. The fraction of sp³-hybridized carbons (Fsp3) is 0.200. The summed E-state index contributed by atoms with van der Waals surface area (Å²) in [5.74, 6) is 3.31. The maximum absolute atomic E-state index is 13.2. The van der Waals surface area contributed by atoms with Crippen molar-refractivity contribution in [2.24, 2.45) is 0 Å². The summed E-state index contributed by atoms with van der Waals surface area (Å²) in [7, 11) is 1.34. The predicted octanol–water partition coefficient (Wildman–Crippen LogP) is 5.84. The Morgan fingerprint density at radius 2 is 1.64 bits per heavy atom. The summed E-state index contributed by atoms with van der Waals surface area (Å²) in [4.78, 5) is 0. The molecule has 1 aromatic heterocycles. The topological polar surface area (TPSA) is 14.2 Å². The van der Waals surface area contributed by atoms with Crippen LogP contribution in [0.5, 0.6) is 0 Å². The molecule has 0 fully saturated rings. The van der Waals surface area contributed by atoms with Crippen LogP contribution in [0.25, 0.3) is 22.2 Å². The van der Waals surface area contributed by atoms with Crippen LogP contribution in [0.3, 0.4) is 0 Å². The lowest BCUT2D eigenvalue weighted by Crippen LogP contribution is -2.06. The minimum absolute atomic E-state index is 0.00991. The van der Waals surface area contributed by atoms with E-state index in [1.54, 1.807) is 30.3 Å². The third-order valence-electron chi connectivity index (χ3n) is 4.03. The summed E-state index contributed by atoms with van der Waals surface area (Å²) in [6, 6.07) is 11.2. The first-order chi connectivity index (χ1) is 13.1. The van der Waals surface area contributed by atoms with Crippen molar-refractivity contribution in [2.75, 3.05) is 7.11 Å². The van der Waals surface area contributed by atoms with Gasteiger partial charge >= 0.3 is 12.4 Å². The smallest absolute Gasteiger partial charge is 0.364 e. The molecular weight excluding hydrogens is 384 g/mol. The summed E-state index contributed by atoms with van der Waals surface area (Å²) in [5.41, 5.74) is -0.0691. The van der Waals surface area contributed by atoms with Gasteiger partial charge in [0.2, 0.25) is 0 Å². The van der Waals surface area contributed by atoms with E-state index in [1.165, 1.54) is 17.6 Å². The zero-order valence-electron chi connectivity index (χ0n) is 14.4. The normalized spacial score (nSPS) is 12.1. The number of fused-ring (bicyclic) bond motifs is 1. The molecule has 2 nitrogen and oxygen atoms in total. The van der Waals surface area contributed by atoms with Crippen LogP contribution in [0.15, 0.2) is 48.5 Å². The molecule has 28 heavy (non-hydrogen) atoms. The quantitative estimate of drug-likeness (QED) is 0.400. The number of nitrogens with zero attached hydrogens (tertiary/aromatic N) is 1. The van der Waals surface area contributed by atoms with E-state index in [4.69, 9.17) is 4.74 Å². The minimum Gasteiger partial charge on any atom is -0.364 e. The highest BCUT2D eigenvalue weighted by Crippen LogP contribution is 2.37. The van der Waals surface area contributed by atoms with Gasteiger partial charge in [-0.05, 0) is 17.7 Å². The molecule has 1 heterocycles. The molecule has 0 saturated carbocycles. The van der Waals surface area contributed by atoms with Gasteiger partial charge in [0, 0.05) is 18.4 Å². The Morgan fingerprint density at radius 3 is 2.21 bits per heavy atom. The van der Waals surface area contributed by atoms with Crippen molar-refractivity contribution in [3.8, 4) is 23.1 Å². The van der Waals surface area contributed by atoms with Gasteiger partial charge in [-0.15, -0.1) is 0 Å². The van der Waals surface area contributed by atoms with Crippen molar-refractivity contribution < 1.29 is 31.1 Å². The first kappa shape index (κ1) is 19.8. The first-order valence-electron chi connectivity index (χ1n) is 7.99. The Kier molecular flexibility index (Phi) is 5.13. The molecule has 0 unspecified atom stereocenters. The molecule has 0 saturated heterocycles. The molecule has 0 spiro atoms. The third-order valence-corrected chi connectivity index (χ3v) is 4.03. The number of methoxy groups -OCH3 is 1. The van der Waals surface area contributed by atoms with Gasteiger partial charge in [0.15, 0.2) is 0 Å². The molecule has 2 aromatic carbocycles. The largest absolute Gasteiger partial charge is 0.458 e. The second kappa shape index (κ2) is 7.24.